The number of phenolic OH excluding ortho intramolecular Hbond substituents is 1. The Labute approximate surface area is 130 Å². The fourth-order valence-corrected chi connectivity index (χ4v) is 4.54. The molecule has 2 atom stereocenters. The molecule has 3 aliphatic rings. The summed E-state index contributed by atoms with van der Waals surface area (Å²) in [5.74, 6) is 0.726. The summed E-state index contributed by atoms with van der Waals surface area (Å²) < 4.78 is 5.04. The third-order valence-corrected chi connectivity index (χ3v) is 5.63. The van der Waals surface area contributed by atoms with E-state index in [0.29, 0.717) is 11.8 Å². The molecule has 0 amide bonds. The predicted molar refractivity (Wildman–Crippen MR) is 86.0 cm³/mol. The molecular weight excluding hydrogens is 282 g/mol. The van der Waals surface area contributed by atoms with Gasteiger partial charge in [-0.2, -0.15) is 0 Å². The molecule has 2 unspecified atom stereocenters. The SMILES string of the molecule is CN1CCC23CC=CC=C2C1Cc1ccc(OS)c(O)c13. The molecule has 1 aromatic rings. The number of benzene rings is 1. The van der Waals surface area contributed by atoms with Gasteiger partial charge in [-0.15, -0.1) is 0 Å². The molecular formula is C17H19NO2S. The standard InChI is InChI=1S/C17H19NO2S/c1-18-9-8-17-7-3-2-4-12(17)13(18)10-11-5-6-14(20-21)16(19)15(11)17/h2-6,13,19,21H,7-10H2,1H3. The summed E-state index contributed by atoms with van der Waals surface area (Å²) in [6.45, 7) is 1.06. The summed E-state index contributed by atoms with van der Waals surface area (Å²) in [5, 5.41) is 10.7. The van der Waals surface area contributed by atoms with Gasteiger partial charge >= 0.3 is 0 Å². The van der Waals surface area contributed by atoms with Crippen LogP contribution in [0.5, 0.6) is 11.5 Å². The fraction of sp³-hybridized carbons (Fsp3) is 0.412. The van der Waals surface area contributed by atoms with Crippen LogP contribution in [0.25, 0.3) is 0 Å². The fourth-order valence-electron chi connectivity index (χ4n) is 4.39. The van der Waals surface area contributed by atoms with Crippen molar-refractivity contribution in [1.82, 2.24) is 4.90 Å². The molecule has 3 nitrogen and oxygen atoms in total. The second-order valence-corrected chi connectivity index (χ2v) is 6.51. The minimum atomic E-state index is -0.0636. The number of likely N-dealkylation sites (tertiary alicyclic amines) is 1. The minimum Gasteiger partial charge on any atom is -0.504 e. The van der Waals surface area contributed by atoms with Crippen LogP contribution in [-0.2, 0) is 11.8 Å². The summed E-state index contributed by atoms with van der Waals surface area (Å²) in [4.78, 5) is 2.44. The maximum atomic E-state index is 10.7. The van der Waals surface area contributed by atoms with Gasteiger partial charge in [0.15, 0.2) is 11.5 Å². The highest BCUT2D eigenvalue weighted by Crippen LogP contribution is 2.56. The topological polar surface area (TPSA) is 32.7 Å². The molecule has 0 spiro atoms. The van der Waals surface area contributed by atoms with E-state index in [4.69, 9.17) is 4.18 Å². The number of nitrogens with zero attached hydrogens (tertiary/aromatic N) is 1. The smallest absolute Gasteiger partial charge is 0.178 e. The lowest BCUT2D eigenvalue weighted by atomic mass is 9.58. The number of hydrogen-bond acceptors (Lipinski definition) is 4. The highest BCUT2D eigenvalue weighted by Gasteiger charge is 2.50. The molecule has 2 aliphatic carbocycles. The Morgan fingerprint density at radius 2 is 2.29 bits per heavy atom. The summed E-state index contributed by atoms with van der Waals surface area (Å²) in [5.41, 5.74) is 3.68. The van der Waals surface area contributed by atoms with E-state index in [0.717, 1.165) is 31.4 Å². The summed E-state index contributed by atoms with van der Waals surface area (Å²) >= 11 is 3.87. The Morgan fingerprint density at radius 3 is 3.10 bits per heavy atom. The molecule has 0 saturated carbocycles. The van der Waals surface area contributed by atoms with Crippen molar-refractivity contribution in [2.24, 2.45) is 0 Å². The van der Waals surface area contributed by atoms with Gasteiger partial charge in [-0.25, -0.2) is 0 Å². The molecule has 2 bridgehead atoms. The average molecular weight is 301 g/mol. The highest BCUT2D eigenvalue weighted by atomic mass is 32.1. The third kappa shape index (κ3) is 1.66. The van der Waals surface area contributed by atoms with Crippen molar-refractivity contribution < 1.29 is 9.29 Å². The quantitative estimate of drug-likeness (QED) is 0.618. The van der Waals surface area contributed by atoms with Gasteiger partial charge in [-0.1, -0.05) is 24.3 Å². The Kier molecular flexibility index (Phi) is 2.88. The van der Waals surface area contributed by atoms with Gasteiger partial charge in [0, 0.05) is 29.9 Å². The monoisotopic (exact) mass is 301 g/mol. The molecule has 1 fully saturated rings. The Hall–Kier alpha value is -1.39. The van der Waals surface area contributed by atoms with Crippen LogP contribution in [0.4, 0.5) is 0 Å². The largest absolute Gasteiger partial charge is 0.504 e. The summed E-state index contributed by atoms with van der Waals surface area (Å²) in [6.07, 6.45) is 9.57. The van der Waals surface area contributed by atoms with Crippen molar-refractivity contribution in [3.8, 4) is 11.5 Å². The minimum absolute atomic E-state index is 0.0636. The van der Waals surface area contributed by atoms with Crippen LogP contribution in [0, 0.1) is 0 Å². The van der Waals surface area contributed by atoms with Crippen molar-refractivity contribution in [1.29, 1.82) is 0 Å². The zero-order valence-electron chi connectivity index (χ0n) is 12.0. The first-order chi connectivity index (χ1) is 10.2. The number of rotatable bonds is 1. The molecule has 0 radical (unpaired) electrons. The normalized spacial score (nSPS) is 30.4. The molecule has 1 aliphatic heterocycles. The molecule has 4 heteroatoms. The van der Waals surface area contributed by atoms with Crippen LogP contribution < -0.4 is 4.18 Å². The first-order valence-corrected chi connectivity index (χ1v) is 7.78. The van der Waals surface area contributed by atoms with E-state index in [9.17, 15) is 5.11 Å². The van der Waals surface area contributed by atoms with Crippen LogP contribution in [0.1, 0.15) is 24.0 Å². The van der Waals surface area contributed by atoms with Gasteiger partial charge in [-0.3, -0.25) is 4.90 Å². The molecule has 0 aromatic heterocycles. The first-order valence-electron chi connectivity index (χ1n) is 7.41. The van der Waals surface area contributed by atoms with Gasteiger partial charge in [0.2, 0.25) is 0 Å². The van der Waals surface area contributed by atoms with Crippen LogP contribution in [0.15, 0.2) is 35.9 Å². The van der Waals surface area contributed by atoms with Crippen LogP contribution >= 0.6 is 12.9 Å². The number of phenols is 1. The molecule has 1 heterocycles. The first kappa shape index (κ1) is 13.3. The van der Waals surface area contributed by atoms with E-state index in [1.807, 2.05) is 6.07 Å². The van der Waals surface area contributed by atoms with Gasteiger partial charge in [0.05, 0.1) is 0 Å². The molecule has 1 aromatic carbocycles. The van der Waals surface area contributed by atoms with Crippen LogP contribution in [-0.4, -0.2) is 29.6 Å². The van der Waals surface area contributed by atoms with Crippen molar-refractivity contribution in [3.63, 3.8) is 0 Å². The molecule has 4 rings (SSSR count). The van der Waals surface area contributed by atoms with E-state index in [1.165, 1.54) is 11.1 Å². The second kappa shape index (κ2) is 4.55. The lowest BCUT2D eigenvalue weighted by Crippen LogP contribution is -2.54. The van der Waals surface area contributed by atoms with E-state index >= 15 is 0 Å². The Balaban J connectivity index is 2.00. The number of likely N-dealkylation sites (N-methyl/N-ethyl adjacent to an activating group) is 1. The second-order valence-electron chi connectivity index (χ2n) is 6.32. The Bertz CT molecular complexity index is 667. The average Bonchev–Trinajstić information content (AvgIpc) is 2.51. The van der Waals surface area contributed by atoms with Gasteiger partial charge < -0.3 is 9.29 Å². The number of hydrogen-bond donors (Lipinski definition) is 2. The molecule has 110 valence electrons. The van der Waals surface area contributed by atoms with Crippen LogP contribution in [0.2, 0.25) is 0 Å². The maximum Gasteiger partial charge on any atom is 0.178 e. The molecule has 1 N–H and O–H groups in total. The van der Waals surface area contributed by atoms with Gasteiger partial charge in [-0.05, 0) is 50.1 Å². The van der Waals surface area contributed by atoms with E-state index in [2.05, 4.69) is 49.2 Å². The van der Waals surface area contributed by atoms with E-state index in [-0.39, 0.29) is 11.2 Å². The van der Waals surface area contributed by atoms with E-state index < -0.39 is 0 Å². The maximum absolute atomic E-state index is 10.7. The van der Waals surface area contributed by atoms with E-state index in [1.54, 1.807) is 0 Å². The molecule has 1 saturated heterocycles. The predicted octanol–water partition coefficient (Wildman–Crippen LogP) is 3.00. The van der Waals surface area contributed by atoms with Crippen molar-refractivity contribution in [2.75, 3.05) is 13.6 Å². The number of aromatic hydroxyl groups is 1. The zero-order chi connectivity index (χ0) is 14.6. The van der Waals surface area contributed by atoms with Crippen molar-refractivity contribution >= 4 is 12.9 Å². The summed E-state index contributed by atoms with van der Waals surface area (Å²) in [7, 11) is 2.20. The summed E-state index contributed by atoms with van der Waals surface area (Å²) in [6, 6.07) is 4.35. The zero-order valence-corrected chi connectivity index (χ0v) is 12.9. The number of allylic oxidation sites excluding steroid dienone is 3. The van der Waals surface area contributed by atoms with Crippen molar-refractivity contribution in [3.05, 3.63) is 47.1 Å². The highest BCUT2D eigenvalue weighted by molar-refractivity contribution is 7.75. The lowest BCUT2D eigenvalue weighted by molar-refractivity contribution is 0.165. The number of piperidine rings is 1. The number of fused-ring (bicyclic) bond motifs is 1. The van der Waals surface area contributed by atoms with Crippen molar-refractivity contribution in [2.45, 2.75) is 30.7 Å². The van der Waals surface area contributed by atoms with Crippen LogP contribution in [0.3, 0.4) is 0 Å². The lowest BCUT2D eigenvalue weighted by Gasteiger charge is -2.53. The molecule has 21 heavy (non-hydrogen) atoms. The Morgan fingerprint density at radius 1 is 1.43 bits per heavy atom. The number of thiol groups is 1. The third-order valence-electron chi connectivity index (χ3n) is 5.43. The van der Waals surface area contributed by atoms with Gasteiger partial charge in [0.1, 0.15) is 0 Å². The van der Waals surface area contributed by atoms with Gasteiger partial charge in [0.25, 0.3) is 0 Å².